The highest BCUT2D eigenvalue weighted by atomic mass is 32.2. The highest BCUT2D eigenvalue weighted by Crippen LogP contribution is 2.34. The Morgan fingerprint density at radius 1 is 1.55 bits per heavy atom. The molecule has 0 aromatic carbocycles. The Labute approximate surface area is 124 Å². The zero-order valence-electron chi connectivity index (χ0n) is 12.1. The summed E-state index contributed by atoms with van der Waals surface area (Å²) < 4.78 is 28.2. The Morgan fingerprint density at radius 3 is 2.85 bits per heavy atom. The molecule has 6 nitrogen and oxygen atoms in total. The van der Waals surface area contributed by atoms with Crippen molar-refractivity contribution in [2.24, 2.45) is 5.92 Å². The molecule has 8 heteroatoms. The van der Waals surface area contributed by atoms with Crippen molar-refractivity contribution in [2.75, 3.05) is 36.9 Å². The summed E-state index contributed by atoms with van der Waals surface area (Å²) in [7, 11) is -1.24. The molecule has 1 aliphatic heterocycles. The van der Waals surface area contributed by atoms with Gasteiger partial charge in [0.2, 0.25) is 0 Å². The number of sulfone groups is 1. The number of nitrogens with two attached hydrogens (primary N) is 1. The van der Waals surface area contributed by atoms with Gasteiger partial charge < -0.3 is 16.0 Å². The molecule has 114 valence electrons. The molecule has 2 heterocycles. The number of rotatable bonds is 4. The molecule has 20 heavy (non-hydrogen) atoms. The smallest absolute Gasteiger partial charge is 0.184 e. The molecule has 0 aliphatic carbocycles. The fraction of sp³-hybridized carbons (Fsp3) is 0.750. The Balaban J connectivity index is 2.23. The highest BCUT2D eigenvalue weighted by molar-refractivity contribution is 7.91. The van der Waals surface area contributed by atoms with Crippen molar-refractivity contribution < 1.29 is 8.42 Å². The Hall–Kier alpha value is -0.860. The second kappa shape index (κ2) is 5.87. The van der Waals surface area contributed by atoms with Crippen molar-refractivity contribution in [2.45, 2.75) is 31.2 Å². The quantitative estimate of drug-likeness (QED) is 0.869. The lowest BCUT2D eigenvalue weighted by atomic mass is 9.94. The van der Waals surface area contributed by atoms with Crippen LogP contribution in [0.4, 0.5) is 10.8 Å². The number of likely N-dealkylation sites (tertiary alicyclic amines) is 1. The van der Waals surface area contributed by atoms with E-state index in [1.807, 2.05) is 0 Å². The Morgan fingerprint density at radius 2 is 2.25 bits per heavy atom. The average molecular weight is 318 g/mol. The Bertz CT molecular complexity index is 570. The van der Waals surface area contributed by atoms with Gasteiger partial charge in [0.25, 0.3) is 0 Å². The SMILES string of the molecule is CCS(=O)(=O)c1c(N)nsc1NC1CCN(C)CC1C. The van der Waals surface area contributed by atoms with Gasteiger partial charge in [0, 0.05) is 12.6 Å². The molecule has 0 radical (unpaired) electrons. The summed E-state index contributed by atoms with van der Waals surface area (Å²) in [4.78, 5) is 2.46. The van der Waals surface area contributed by atoms with Gasteiger partial charge in [-0.3, -0.25) is 0 Å². The number of aromatic nitrogens is 1. The van der Waals surface area contributed by atoms with E-state index in [2.05, 4.69) is 28.6 Å². The van der Waals surface area contributed by atoms with Crippen LogP contribution in [0, 0.1) is 5.92 Å². The number of nitrogens with zero attached hydrogens (tertiary/aromatic N) is 2. The van der Waals surface area contributed by atoms with Crippen LogP contribution >= 0.6 is 11.5 Å². The highest BCUT2D eigenvalue weighted by Gasteiger charge is 2.29. The number of anilines is 2. The third-order valence-electron chi connectivity index (χ3n) is 3.79. The van der Waals surface area contributed by atoms with Crippen molar-refractivity contribution in [3.8, 4) is 0 Å². The third-order valence-corrected chi connectivity index (χ3v) is 6.51. The van der Waals surface area contributed by atoms with Crippen molar-refractivity contribution in [1.82, 2.24) is 9.27 Å². The van der Waals surface area contributed by atoms with E-state index in [-0.39, 0.29) is 22.5 Å². The molecule has 0 bridgehead atoms. The van der Waals surface area contributed by atoms with Gasteiger partial charge in [-0.1, -0.05) is 13.8 Å². The standard InChI is InChI=1S/C12H22N4O2S2/c1-4-20(17,18)10-11(13)15-19-12(10)14-9-5-6-16(3)7-8(9)2/h8-9,14H,4-7H2,1-3H3,(H2,13,15). The van der Waals surface area contributed by atoms with Gasteiger partial charge in [-0.2, -0.15) is 4.37 Å². The summed E-state index contributed by atoms with van der Waals surface area (Å²) in [5.41, 5.74) is 5.74. The maximum absolute atomic E-state index is 12.1. The lowest BCUT2D eigenvalue weighted by Crippen LogP contribution is -2.43. The third kappa shape index (κ3) is 3.07. The molecule has 1 saturated heterocycles. The molecule has 1 fully saturated rings. The molecule has 2 rings (SSSR count). The van der Waals surface area contributed by atoms with E-state index in [1.165, 1.54) is 0 Å². The molecule has 2 atom stereocenters. The van der Waals surface area contributed by atoms with E-state index in [1.54, 1.807) is 6.92 Å². The summed E-state index contributed by atoms with van der Waals surface area (Å²) in [5, 5.41) is 3.94. The molecule has 2 unspecified atom stereocenters. The van der Waals surface area contributed by atoms with Gasteiger partial charge in [0.1, 0.15) is 9.90 Å². The second-order valence-electron chi connectivity index (χ2n) is 5.41. The Kier molecular flexibility index (Phi) is 4.55. The number of nitrogen functional groups attached to an aromatic ring is 1. The minimum atomic E-state index is -3.35. The fourth-order valence-electron chi connectivity index (χ4n) is 2.57. The lowest BCUT2D eigenvalue weighted by Gasteiger charge is -2.35. The van der Waals surface area contributed by atoms with E-state index in [0.29, 0.717) is 10.9 Å². The van der Waals surface area contributed by atoms with Crippen LogP contribution in [0.25, 0.3) is 0 Å². The minimum absolute atomic E-state index is 0.0350. The van der Waals surface area contributed by atoms with Gasteiger partial charge in [-0.25, -0.2) is 8.42 Å². The van der Waals surface area contributed by atoms with Crippen LogP contribution < -0.4 is 11.1 Å². The molecule has 0 spiro atoms. The van der Waals surface area contributed by atoms with Crippen molar-refractivity contribution in [1.29, 1.82) is 0 Å². The van der Waals surface area contributed by atoms with Gasteiger partial charge in [-0.15, -0.1) is 0 Å². The number of hydrogen-bond acceptors (Lipinski definition) is 7. The van der Waals surface area contributed by atoms with Gasteiger partial charge in [0.15, 0.2) is 15.7 Å². The summed E-state index contributed by atoms with van der Waals surface area (Å²) in [6.07, 6.45) is 0.987. The molecular weight excluding hydrogens is 296 g/mol. The molecule has 0 saturated carbocycles. The van der Waals surface area contributed by atoms with Crippen LogP contribution in [0.15, 0.2) is 4.90 Å². The first-order valence-electron chi connectivity index (χ1n) is 6.78. The van der Waals surface area contributed by atoms with E-state index in [4.69, 9.17) is 5.73 Å². The molecule has 1 aromatic rings. The number of piperidine rings is 1. The predicted octanol–water partition coefficient (Wildman–Crippen LogP) is 1.27. The normalized spacial score (nSPS) is 24.8. The summed E-state index contributed by atoms with van der Waals surface area (Å²) in [5.74, 6) is 0.599. The van der Waals surface area contributed by atoms with Crippen molar-refractivity contribution in [3.63, 3.8) is 0 Å². The predicted molar refractivity (Wildman–Crippen MR) is 82.9 cm³/mol. The van der Waals surface area contributed by atoms with Crippen LogP contribution in [-0.2, 0) is 9.84 Å². The molecule has 3 N–H and O–H groups in total. The molecule has 1 aromatic heterocycles. The molecule has 0 amide bonds. The van der Waals surface area contributed by atoms with Crippen LogP contribution in [0.2, 0.25) is 0 Å². The van der Waals surface area contributed by atoms with Gasteiger partial charge in [-0.05, 0) is 37.5 Å². The first-order chi connectivity index (χ1) is 9.35. The van der Waals surface area contributed by atoms with E-state index < -0.39 is 9.84 Å². The lowest BCUT2D eigenvalue weighted by molar-refractivity contribution is 0.206. The zero-order chi connectivity index (χ0) is 14.9. The average Bonchev–Trinajstić information content (AvgIpc) is 2.75. The maximum atomic E-state index is 12.1. The van der Waals surface area contributed by atoms with Crippen molar-refractivity contribution >= 4 is 32.2 Å². The minimum Gasteiger partial charge on any atom is -0.382 e. The zero-order valence-corrected chi connectivity index (χ0v) is 13.7. The van der Waals surface area contributed by atoms with Crippen LogP contribution in [0.5, 0.6) is 0 Å². The second-order valence-corrected chi connectivity index (χ2v) is 8.40. The molecular formula is C12H22N4O2S2. The topological polar surface area (TPSA) is 88.3 Å². The first kappa shape index (κ1) is 15.5. The van der Waals surface area contributed by atoms with E-state index in [9.17, 15) is 8.42 Å². The summed E-state index contributed by atoms with van der Waals surface area (Å²) in [6.45, 7) is 5.80. The van der Waals surface area contributed by atoms with Crippen LogP contribution in [-0.4, -0.2) is 49.6 Å². The monoisotopic (exact) mass is 318 g/mol. The fourth-order valence-corrected chi connectivity index (χ4v) is 4.79. The van der Waals surface area contributed by atoms with E-state index in [0.717, 1.165) is 31.0 Å². The van der Waals surface area contributed by atoms with Crippen LogP contribution in [0.3, 0.4) is 0 Å². The first-order valence-corrected chi connectivity index (χ1v) is 9.20. The van der Waals surface area contributed by atoms with Gasteiger partial charge >= 0.3 is 0 Å². The van der Waals surface area contributed by atoms with E-state index >= 15 is 0 Å². The van der Waals surface area contributed by atoms with Gasteiger partial charge in [0.05, 0.1) is 5.75 Å². The summed E-state index contributed by atoms with van der Waals surface area (Å²) in [6, 6.07) is 0.261. The molecule has 1 aliphatic rings. The van der Waals surface area contributed by atoms with Crippen molar-refractivity contribution in [3.05, 3.63) is 0 Å². The summed E-state index contributed by atoms with van der Waals surface area (Å²) >= 11 is 1.14. The largest absolute Gasteiger partial charge is 0.382 e. The number of nitrogens with one attached hydrogen (secondary N) is 1. The maximum Gasteiger partial charge on any atom is 0.184 e. The number of hydrogen-bond donors (Lipinski definition) is 2. The van der Waals surface area contributed by atoms with Crippen LogP contribution in [0.1, 0.15) is 20.3 Å².